The van der Waals surface area contributed by atoms with Gasteiger partial charge in [-0.1, -0.05) is 0 Å². The van der Waals surface area contributed by atoms with E-state index in [1.807, 2.05) is 0 Å². The highest BCUT2D eigenvalue weighted by Gasteiger charge is 2.12. The van der Waals surface area contributed by atoms with Crippen LogP contribution in [-0.4, -0.2) is 13.7 Å². The van der Waals surface area contributed by atoms with Crippen molar-refractivity contribution >= 4 is 0 Å². The fourth-order valence-electron chi connectivity index (χ4n) is 1.24. The fraction of sp³-hybridized carbons (Fsp3) is 0.625. The minimum absolute atomic E-state index is 0.256. The minimum atomic E-state index is -0.600. The summed E-state index contributed by atoms with van der Waals surface area (Å²) in [5.41, 5.74) is -1.75. The van der Waals surface area contributed by atoms with E-state index in [1.54, 1.807) is 13.8 Å². The number of nitrogens with zero attached hydrogens (tertiary/aromatic N) is 3. The summed E-state index contributed by atoms with van der Waals surface area (Å²) in [6.07, 6.45) is 0. The minimum Gasteiger partial charge on any atom is -0.248 e. The van der Waals surface area contributed by atoms with Crippen molar-refractivity contribution in [3.63, 3.8) is 0 Å². The standard InChI is InChI=1S/C8H13N3O3/c1-5(2)11-7(13)9(3)6(12)10(4)8(11)14/h5H,1-4H3. The van der Waals surface area contributed by atoms with E-state index in [1.165, 1.54) is 14.1 Å². The van der Waals surface area contributed by atoms with Gasteiger partial charge in [-0.25, -0.2) is 28.1 Å². The summed E-state index contributed by atoms with van der Waals surface area (Å²) in [5, 5.41) is 0. The summed E-state index contributed by atoms with van der Waals surface area (Å²) in [6.45, 7) is 3.43. The zero-order valence-electron chi connectivity index (χ0n) is 8.64. The number of hydrogen-bond donors (Lipinski definition) is 0. The van der Waals surface area contributed by atoms with Crippen LogP contribution in [-0.2, 0) is 14.1 Å². The Morgan fingerprint density at radius 2 is 1.21 bits per heavy atom. The van der Waals surface area contributed by atoms with Gasteiger partial charge in [-0.2, -0.15) is 0 Å². The van der Waals surface area contributed by atoms with Gasteiger partial charge in [0.05, 0.1) is 0 Å². The third-order valence-corrected chi connectivity index (χ3v) is 2.08. The molecule has 0 aliphatic heterocycles. The second kappa shape index (κ2) is 3.28. The third-order valence-electron chi connectivity index (χ3n) is 2.08. The Morgan fingerprint density at radius 3 is 1.50 bits per heavy atom. The van der Waals surface area contributed by atoms with Crippen molar-refractivity contribution in [1.82, 2.24) is 13.7 Å². The summed E-state index contributed by atoms with van der Waals surface area (Å²) in [5.74, 6) is 0. The highest BCUT2D eigenvalue weighted by atomic mass is 16.2. The quantitative estimate of drug-likeness (QED) is 0.572. The molecule has 0 spiro atoms. The van der Waals surface area contributed by atoms with Gasteiger partial charge < -0.3 is 0 Å². The van der Waals surface area contributed by atoms with Crippen LogP contribution in [0.3, 0.4) is 0 Å². The molecule has 0 aliphatic carbocycles. The summed E-state index contributed by atoms with van der Waals surface area (Å²) < 4.78 is 2.88. The Kier molecular flexibility index (Phi) is 2.46. The SMILES string of the molecule is CC(C)n1c(=O)n(C)c(=O)n(C)c1=O. The molecule has 0 atom stereocenters. The van der Waals surface area contributed by atoms with Crippen molar-refractivity contribution in [2.45, 2.75) is 19.9 Å². The van der Waals surface area contributed by atoms with E-state index in [2.05, 4.69) is 0 Å². The van der Waals surface area contributed by atoms with Crippen LogP contribution in [0.1, 0.15) is 19.9 Å². The van der Waals surface area contributed by atoms with E-state index >= 15 is 0 Å². The average molecular weight is 199 g/mol. The van der Waals surface area contributed by atoms with E-state index in [0.717, 1.165) is 13.7 Å². The van der Waals surface area contributed by atoms with Gasteiger partial charge in [0, 0.05) is 20.1 Å². The van der Waals surface area contributed by atoms with Crippen LogP contribution in [0.15, 0.2) is 14.4 Å². The molecule has 0 amide bonds. The molecule has 0 unspecified atom stereocenters. The maximum atomic E-state index is 11.5. The van der Waals surface area contributed by atoms with Gasteiger partial charge in [0.1, 0.15) is 0 Å². The fourth-order valence-corrected chi connectivity index (χ4v) is 1.24. The largest absolute Gasteiger partial charge is 0.336 e. The van der Waals surface area contributed by atoms with Crippen molar-refractivity contribution in [2.75, 3.05) is 0 Å². The Bertz CT molecular complexity index is 478. The van der Waals surface area contributed by atoms with Crippen molar-refractivity contribution in [1.29, 1.82) is 0 Å². The summed E-state index contributed by atoms with van der Waals surface area (Å²) >= 11 is 0. The third kappa shape index (κ3) is 1.32. The Hall–Kier alpha value is -1.59. The maximum Gasteiger partial charge on any atom is 0.336 e. The predicted octanol–water partition coefficient (Wildman–Crippen LogP) is -1.17. The second-order valence-corrected chi connectivity index (χ2v) is 3.43. The molecule has 1 heterocycles. The molecular formula is C8H13N3O3. The average Bonchev–Trinajstić information content (AvgIpc) is 2.11. The lowest BCUT2D eigenvalue weighted by Gasteiger charge is -2.11. The molecule has 14 heavy (non-hydrogen) atoms. The zero-order valence-corrected chi connectivity index (χ0v) is 8.64. The summed E-state index contributed by atoms with van der Waals surface area (Å²) in [7, 11) is 2.70. The van der Waals surface area contributed by atoms with Gasteiger partial charge in [-0.15, -0.1) is 0 Å². The lowest BCUT2D eigenvalue weighted by molar-refractivity contribution is 0.460. The van der Waals surface area contributed by atoms with Crippen LogP contribution in [0.4, 0.5) is 0 Å². The molecule has 0 saturated heterocycles. The number of rotatable bonds is 1. The van der Waals surface area contributed by atoms with E-state index < -0.39 is 17.1 Å². The van der Waals surface area contributed by atoms with E-state index in [0.29, 0.717) is 0 Å². The van der Waals surface area contributed by atoms with Gasteiger partial charge >= 0.3 is 17.1 Å². The molecule has 0 radical (unpaired) electrons. The molecule has 0 saturated carbocycles. The lowest BCUT2D eigenvalue weighted by atomic mass is 10.4. The molecule has 1 aromatic rings. The topological polar surface area (TPSA) is 66.0 Å². The van der Waals surface area contributed by atoms with Crippen LogP contribution in [0.5, 0.6) is 0 Å². The smallest absolute Gasteiger partial charge is 0.248 e. The Balaban J connectivity index is 3.89. The summed E-state index contributed by atoms with van der Waals surface area (Å²) in [4.78, 5) is 34.3. The first kappa shape index (κ1) is 10.5. The monoisotopic (exact) mass is 199 g/mol. The number of hydrogen-bond acceptors (Lipinski definition) is 3. The summed E-state index contributed by atoms with van der Waals surface area (Å²) in [6, 6.07) is -0.256. The normalized spacial score (nSPS) is 10.9. The van der Waals surface area contributed by atoms with Gasteiger partial charge in [0.2, 0.25) is 0 Å². The van der Waals surface area contributed by atoms with E-state index in [9.17, 15) is 14.4 Å². The Labute approximate surface area is 80.0 Å². The van der Waals surface area contributed by atoms with Crippen LogP contribution in [0.2, 0.25) is 0 Å². The van der Waals surface area contributed by atoms with Crippen LogP contribution < -0.4 is 17.1 Å². The molecule has 6 heteroatoms. The molecule has 0 fully saturated rings. The van der Waals surface area contributed by atoms with Crippen molar-refractivity contribution in [2.24, 2.45) is 14.1 Å². The molecule has 0 aliphatic rings. The number of aromatic nitrogens is 3. The molecular weight excluding hydrogens is 186 g/mol. The first-order valence-corrected chi connectivity index (χ1v) is 4.26. The molecule has 78 valence electrons. The van der Waals surface area contributed by atoms with Crippen LogP contribution >= 0.6 is 0 Å². The predicted molar refractivity (Wildman–Crippen MR) is 51.6 cm³/mol. The van der Waals surface area contributed by atoms with Crippen LogP contribution in [0.25, 0.3) is 0 Å². The van der Waals surface area contributed by atoms with E-state index in [-0.39, 0.29) is 6.04 Å². The molecule has 0 N–H and O–H groups in total. The highest BCUT2D eigenvalue weighted by Crippen LogP contribution is 1.91. The molecule has 6 nitrogen and oxygen atoms in total. The van der Waals surface area contributed by atoms with Gasteiger partial charge in [0.25, 0.3) is 0 Å². The van der Waals surface area contributed by atoms with E-state index in [4.69, 9.17) is 0 Å². The molecule has 1 aromatic heterocycles. The highest BCUT2D eigenvalue weighted by molar-refractivity contribution is 4.78. The van der Waals surface area contributed by atoms with Crippen LogP contribution in [0, 0.1) is 0 Å². The van der Waals surface area contributed by atoms with Gasteiger partial charge in [0.15, 0.2) is 0 Å². The first-order valence-electron chi connectivity index (χ1n) is 4.26. The van der Waals surface area contributed by atoms with Gasteiger partial charge in [-0.05, 0) is 13.8 Å². The Morgan fingerprint density at radius 1 is 0.857 bits per heavy atom. The maximum absolute atomic E-state index is 11.5. The second-order valence-electron chi connectivity index (χ2n) is 3.43. The van der Waals surface area contributed by atoms with Crippen molar-refractivity contribution < 1.29 is 0 Å². The zero-order chi connectivity index (χ0) is 11.0. The molecule has 0 bridgehead atoms. The van der Waals surface area contributed by atoms with Gasteiger partial charge in [-0.3, -0.25) is 0 Å². The molecule has 0 aromatic carbocycles. The van der Waals surface area contributed by atoms with Crippen molar-refractivity contribution in [3.8, 4) is 0 Å². The van der Waals surface area contributed by atoms with Crippen molar-refractivity contribution in [3.05, 3.63) is 31.5 Å². The molecule has 1 rings (SSSR count). The lowest BCUT2D eigenvalue weighted by Crippen LogP contribution is -2.53. The first-order chi connectivity index (χ1) is 6.37.